The molecule has 2 aliphatic rings. The van der Waals surface area contributed by atoms with Gasteiger partial charge in [-0.1, -0.05) is 72.9 Å². The molecule has 5 rings (SSSR count). The summed E-state index contributed by atoms with van der Waals surface area (Å²) in [7, 11) is 0. The minimum Gasteiger partial charge on any atom is -0.379 e. The standard InChI is InChI=1S/C32H35Cl2FN2O3/c1-2-3-28(21-36-16-18-39-19-17-36)37-30(23-6-10-25(33)11-7-23)31(24-8-12-26(34)13-9-24)40-29(32(37)38)20-22-4-14-27(35)15-5-22/h4-15,28-31H,2-3,16-21H2,1H3/t28-,29+,30-,31+/m0/s1. The zero-order chi connectivity index (χ0) is 28.1. The van der Waals surface area contributed by atoms with E-state index < -0.39 is 12.2 Å². The van der Waals surface area contributed by atoms with Gasteiger partial charge in [0.05, 0.1) is 19.3 Å². The van der Waals surface area contributed by atoms with E-state index in [1.54, 1.807) is 12.1 Å². The Morgan fingerprint density at radius 2 is 1.50 bits per heavy atom. The van der Waals surface area contributed by atoms with Gasteiger partial charge in [0.2, 0.25) is 0 Å². The lowest BCUT2D eigenvalue weighted by Gasteiger charge is -2.49. The molecule has 0 aliphatic carbocycles. The molecule has 2 fully saturated rings. The normalized spacial score (nSPS) is 22.9. The molecule has 5 nitrogen and oxygen atoms in total. The van der Waals surface area contributed by atoms with Crippen molar-refractivity contribution in [3.05, 3.63) is 105 Å². The summed E-state index contributed by atoms with van der Waals surface area (Å²) in [6.07, 6.45) is 0.971. The van der Waals surface area contributed by atoms with Gasteiger partial charge in [0.25, 0.3) is 5.91 Å². The Labute approximate surface area is 245 Å². The molecule has 0 unspecified atom stereocenters. The fraction of sp³-hybridized carbons (Fsp3) is 0.406. The van der Waals surface area contributed by atoms with Gasteiger partial charge in [0.15, 0.2) is 0 Å². The largest absolute Gasteiger partial charge is 0.379 e. The molecule has 2 saturated heterocycles. The molecule has 0 radical (unpaired) electrons. The summed E-state index contributed by atoms with van der Waals surface area (Å²) in [6.45, 7) is 5.97. The van der Waals surface area contributed by atoms with Crippen LogP contribution in [0.5, 0.6) is 0 Å². The average Bonchev–Trinajstić information content (AvgIpc) is 2.96. The quantitative estimate of drug-likeness (QED) is 0.275. The zero-order valence-corrected chi connectivity index (χ0v) is 24.2. The van der Waals surface area contributed by atoms with E-state index in [0.717, 1.165) is 49.2 Å². The predicted molar refractivity (Wildman–Crippen MR) is 156 cm³/mol. The Balaban J connectivity index is 1.59. The number of ether oxygens (including phenoxy) is 2. The van der Waals surface area contributed by atoms with E-state index >= 15 is 0 Å². The fourth-order valence-corrected chi connectivity index (χ4v) is 6.03. The van der Waals surface area contributed by atoms with Crippen molar-refractivity contribution < 1.29 is 18.7 Å². The molecule has 0 spiro atoms. The van der Waals surface area contributed by atoms with Gasteiger partial charge in [-0.2, -0.15) is 0 Å². The van der Waals surface area contributed by atoms with Gasteiger partial charge in [-0.15, -0.1) is 0 Å². The van der Waals surface area contributed by atoms with Crippen LogP contribution >= 0.6 is 23.2 Å². The number of halogens is 3. The highest BCUT2D eigenvalue weighted by Gasteiger charge is 2.46. The topological polar surface area (TPSA) is 42.0 Å². The Kier molecular flexibility index (Phi) is 9.76. The number of hydrogen-bond acceptors (Lipinski definition) is 4. The molecular formula is C32H35Cl2FN2O3. The maximum Gasteiger partial charge on any atom is 0.252 e. The Bertz CT molecular complexity index is 1250. The molecule has 4 atom stereocenters. The van der Waals surface area contributed by atoms with Crippen molar-refractivity contribution in [2.45, 2.75) is 50.5 Å². The smallest absolute Gasteiger partial charge is 0.252 e. The lowest BCUT2D eigenvalue weighted by atomic mass is 9.88. The van der Waals surface area contributed by atoms with Crippen LogP contribution in [-0.4, -0.2) is 60.7 Å². The van der Waals surface area contributed by atoms with Crippen LogP contribution in [0.4, 0.5) is 4.39 Å². The molecule has 2 aliphatic heterocycles. The minimum atomic E-state index is -0.723. The molecule has 8 heteroatoms. The third-order valence-corrected chi connectivity index (χ3v) is 8.26. The van der Waals surface area contributed by atoms with Crippen LogP contribution in [0.2, 0.25) is 10.0 Å². The fourth-order valence-electron chi connectivity index (χ4n) is 5.78. The SMILES string of the molecule is CCC[C@@H](CN1CCOCC1)N1C(=O)[C@@H](Cc2ccc(F)cc2)O[C@H](c2ccc(Cl)cc2)[C@@H]1c1ccc(Cl)cc1. The van der Waals surface area contributed by atoms with Gasteiger partial charge in [0, 0.05) is 42.1 Å². The van der Waals surface area contributed by atoms with Gasteiger partial charge in [-0.25, -0.2) is 4.39 Å². The molecule has 0 saturated carbocycles. The molecule has 3 aromatic carbocycles. The van der Waals surface area contributed by atoms with Gasteiger partial charge in [-0.05, 0) is 59.5 Å². The van der Waals surface area contributed by atoms with Crippen LogP contribution in [-0.2, 0) is 20.7 Å². The molecule has 0 bridgehead atoms. The van der Waals surface area contributed by atoms with Crippen molar-refractivity contribution in [3.8, 4) is 0 Å². The van der Waals surface area contributed by atoms with Crippen molar-refractivity contribution in [2.75, 3.05) is 32.8 Å². The molecule has 40 heavy (non-hydrogen) atoms. The summed E-state index contributed by atoms with van der Waals surface area (Å²) in [6, 6.07) is 21.2. The van der Waals surface area contributed by atoms with E-state index in [2.05, 4.69) is 16.7 Å². The van der Waals surface area contributed by atoms with Crippen molar-refractivity contribution >= 4 is 29.1 Å². The lowest BCUT2D eigenvalue weighted by molar-refractivity contribution is -0.180. The van der Waals surface area contributed by atoms with Crippen molar-refractivity contribution in [1.82, 2.24) is 9.80 Å². The first-order chi connectivity index (χ1) is 19.4. The highest BCUT2D eigenvalue weighted by Crippen LogP contribution is 2.44. The molecule has 1 amide bonds. The summed E-state index contributed by atoms with van der Waals surface area (Å²) in [5, 5.41) is 1.27. The zero-order valence-electron chi connectivity index (χ0n) is 22.6. The van der Waals surface area contributed by atoms with Crippen LogP contribution in [0.15, 0.2) is 72.8 Å². The van der Waals surface area contributed by atoms with E-state index in [1.807, 2.05) is 48.5 Å². The van der Waals surface area contributed by atoms with Gasteiger partial charge in [0.1, 0.15) is 18.0 Å². The second-order valence-electron chi connectivity index (χ2n) is 10.5. The second kappa shape index (κ2) is 13.5. The first-order valence-corrected chi connectivity index (χ1v) is 14.7. The first kappa shape index (κ1) is 29.0. The summed E-state index contributed by atoms with van der Waals surface area (Å²) in [5.41, 5.74) is 2.74. The summed E-state index contributed by atoms with van der Waals surface area (Å²) in [5.74, 6) is -0.363. The number of hydrogen-bond donors (Lipinski definition) is 0. The van der Waals surface area contributed by atoms with Crippen molar-refractivity contribution in [1.29, 1.82) is 0 Å². The van der Waals surface area contributed by atoms with Crippen LogP contribution in [0.3, 0.4) is 0 Å². The average molecular weight is 586 g/mol. The molecule has 0 aromatic heterocycles. The van der Waals surface area contributed by atoms with Crippen LogP contribution in [0.1, 0.15) is 48.6 Å². The van der Waals surface area contributed by atoms with Gasteiger partial charge >= 0.3 is 0 Å². The van der Waals surface area contributed by atoms with Crippen LogP contribution < -0.4 is 0 Å². The van der Waals surface area contributed by atoms with Crippen LogP contribution in [0, 0.1) is 5.82 Å². The number of morpholine rings is 2. The highest BCUT2D eigenvalue weighted by molar-refractivity contribution is 6.30. The Morgan fingerprint density at radius 1 is 0.900 bits per heavy atom. The summed E-state index contributed by atoms with van der Waals surface area (Å²) < 4.78 is 26.0. The van der Waals surface area contributed by atoms with Crippen molar-refractivity contribution in [3.63, 3.8) is 0 Å². The number of amides is 1. The lowest BCUT2D eigenvalue weighted by Crippen LogP contribution is -2.58. The van der Waals surface area contributed by atoms with E-state index in [1.165, 1.54) is 12.1 Å². The van der Waals surface area contributed by atoms with Crippen LogP contribution in [0.25, 0.3) is 0 Å². The monoisotopic (exact) mass is 584 g/mol. The van der Waals surface area contributed by atoms with Crippen molar-refractivity contribution in [2.24, 2.45) is 0 Å². The minimum absolute atomic E-state index is 0.0364. The number of nitrogens with zero attached hydrogens (tertiary/aromatic N) is 2. The number of carbonyl (C=O) groups excluding carboxylic acids is 1. The highest BCUT2D eigenvalue weighted by atomic mass is 35.5. The Hall–Kier alpha value is -2.48. The van der Waals surface area contributed by atoms with E-state index in [0.29, 0.717) is 29.7 Å². The molecule has 3 aromatic rings. The molecule has 0 N–H and O–H groups in total. The number of rotatable bonds is 9. The summed E-state index contributed by atoms with van der Waals surface area (Å²) in [4.78, 5) is 18.9. The van der Waals surface area contributed by atoms with E-state index in [9.17, 15) is 9.18 Å². The number of carbonyl (C=O) groups is 1. The molecule has 2 heterocycles. The maximum atomic E-state index is 14.5. The second-order valence-corrected chi connectivity index (χ2v) is 11.4. The van der Waals surface area contributed by atoms with E-state index in [4.69, 9.17) is 32.7 Å². The molecule has 212 valence electrons. The maximum absolute atomic E-state index is 14.5. The number of benzene rings is 3. The first-order valence-electron chi connectivity index (χ1n) is 14.0. The third-order valence-electron chi connectivity index (χ3n) is 7.76. The predicted octanol–water partition coefficient (Wildman–Crippen LogP) is 6.89. The third kappa shape index (κ3) is 6.87. The van der Waals surface area contributed by atoms with E-state index in [-0.39, 0.29) is 23.8 Å². The van der Waals surface area contributed by atoms with Gasteiger partial charge < -0.3 is 14.4 Å². The van der Waals surface area contributed by atoms with Gasteiger partial charge in [-0.3, -0.25) is 9.69 Å². The molecular weight excluding hydrogens is 550 g/mol. The summed E-state index contributed by atoms with van der Waals surface area (Å²) >= 11 is 12.5. The Morgan fingerprint density at radius 3 is 2.10 bits per heavy atom.